The Kier molecular flexibility index (Phi) is 6.35. The van der Waals surface area contributed by atoms with Crippen molar-refractivity contribution < 1.29 is 9.53 Å². The molecule has 2 heterocycles. The average Bonchev–Trinajstić information content (AvgIpc) is 3.13. The van der Waals surface area contributed by atoms with E-state index in [1.165, 1.54) is 11.3 Å². The molecule has 116 valence electrons. The van der Waals surface area contributed by atoms with Gasteiger partial charge in [0.1, 0.15) is 0 Å². The SMILES string of the molecule is CN(C)CCN(C[C@@H]1CCCO1)C(=O)/C=C/c1cscn1. The molecule has 1 aromatic rings. The molecule has 1 atom stereocenters. The van der Waals surface area contributed by atoms with Crippen molar-refractivity contribution in [1.29, 1.82) is 0 Å². The Morgan fingerprint density at radius 3 is 3.00 bits per heavy atom. The first-order chi connectivity index (χ1) is 10.1. The Hall–Kier alpha value is -1.24. The molecule has 6 heteroatoms. The lowest BCUT2D eigenvalue weighted by Gasteiger charge is -2.25. The Morgan fingerprint density at radius 1 is 1.52 bits per heavy atom. The van der Waals surface area contributed by atoms with Crippen molar-refractivity contribution >= 4 is 23.3 Å². The van der Waals surface area contributed by atoms with E-state index < -0.39 is 0 Å². The van der Waals surface area contributed by atoms with Gasteiger partial charge in [-0.15, -0.1) is 11.3 Å². The number of thiazole rings is 1. The highest BCUT2D eigenvalue weighted by molar-refractivity contribution is 7.07. The highest BCUT2D eigenvalue weighted by Gasteiger charge is 2.21. The molecule has 0 spiro atoms. The van der Waals surface area contributed by atoms with Gasteiger partial charge < -0.3 is 14.5 Å². The Morgan fingerprint density at radius 2 is 2.38 bits per heavy atom. The summed E-state index contributed by atoms with van der Waals surface area (Å²) >= 11 is 1.53. The third-order valence-electron chi connectivity index (χ3n) is 3.42. The van der Waals surface area contributed by atoms with Gasteiger partial charge in [-0.05, 0) is 33.0 Å². The van der Waals surface area contributed by atoms with Crippen LogP contribution in [0.3, 0.4) is 0 Å². The minimum absolute atomic E-state index is 0.0281. The molecule has 0 aliphatic carbocycles. The summed E-state index contributed by atoms with van der Waals surface area (Å²) in [4.78, 5) is 20.5. The number of hydrogen-bond acceptors (Lipinski definition) is 5. The number of hydrogen-bond donors (Lipinski definition) is 0. The lowest BCUT2D eigenvalue weighted by molar-refractivity contribution is -0.127. The van der Waals surface area contributed by atoms with Gasteiger partial charge in [0.05, 0.1) is 17.3 Å². The topological polar surface area (TPSA) is 45.7 Å². The van der Waals surface area contributed by atoms with E-state index in [9.17, 15) is 4.79 Å². The zero-order valence-corrected chi connectivity index (χ0v) is 13.5. The van der Waals surface area contributed by atoms with E-state index in [2.05, 4.69) is 9.88 Å². The second kappa shape index (κ2) is 8.26. The smallest absolute Gasteiger partial charge is 0.246 e. The van der Waals surface area contributed by atoms with Crippen molar-refractivity contribution in [2.75, 3.05) is 40.3 Å². The van der Waals surface area contributed by atoms with Gasteiger partial charge in [-0.1, -0.05) is 0 Å². The second-order valence-electron chi connectivity index (χ2n) is 5.47. The Labute approximate surface area is 130 Å². The summed E-state index contributed by atoms with van der Waals surface area (Å²) in [6.45, 7) is 3.05. The predicted molar refractivity (Wildman–Crippen MR) is 85.3 cm³/mol. The Balaban J connectivity index is 1.93. The lowest BCUT2D eigenvalue weighted by atomic mass is 10.2. The van der Waals surface area contributed by atoms with Crippen LogP contribution in [-0.2, 0) is 9.53 Å². The van der Waals surface area contributed by atoms with E-state index in [1.54, 1.807) is 17.7 Å². The van der Waals surface area contributed by atoms with Gasteiger partial charge in [0.15, 0.2) is 0 Å². The normalized spacial score (nSPS) is 18.7. The van der Waals surface area contributed by atoms with Gasteiger partial charge in [-0.2, -0.15) is 0 Å². The summed E-state index contributed by atoms with van der Waals surface area (Å²) in [5.74, 6) is 0.0281. The first-order valence-corrected chi connectivity index (χ1v) is 8.21. The average molecular weight is 309 g/mol. The van der Waals surface area contributed by atoms with Gasteiger partial charge in [0.25, 0.3) is 0 Å². The maximum absolute atomic E-state index is 12.4. The summed E-state index contributed by atoms with van der Waals surface area (Å²) in [5, 5.41) is 1.92. The molecule has 1 aromatic heterocycles. The second-order valence-corrected chi connectivity index (χ2v) is 6.19. The maximum atomic E-state index is 12.4. The van der Waals surface area contributed by atoms with Crippen LogP contribution in [0.4, 0.5) is 0 Å². The summed E-state index contributed by atoms with van der Waals surface area (Å²) in [6.07, 6.45) is 5.71. The van der Waals surface area contributed by atoms with Crippen LogP contribution in [0, 0.1) is 0 Å². The van der Waals surface area contributed by atoms with Gasteiger partial charge in [-0.3, -0.25) is 4.79 Å². The molecule has 5 nitrogen and oxygen atoms in total. The number of carbonyl (C=O) groups excluding carboxylic acids is 1. The van der Waals surface area contributed by atoms with Gasteiger partial charge >= 0.3 is 0 Å². The van der Waals surface area contributed by atoms with Crippen molar-refractivity contribution in [3.05, 3.63) is 22.7 Å². The first kappa shape index (κ1) is 16.1. The molecular formula is C15H23N3O2S. The lowest BCUT2D eigenvalue weighted by Crippen LogP contribution is -2.40. The number of likely N-dealkylation sites (N-methyl/N-ethyl adjacent to an activating group) is 1. The molecule has 1 aliphatic heterocycles. The Bertz CT molecular complexity index is 453. The van der Waals surface area contributed by atoms with Crippen LogP contribution in [-0.4, -0.2) is 67.1 Å². The fourth-order valence-corrected chi connectivity index (χ4v) is 2.73. The molecule has 1 fully saturated rings. The molecule has 21 heavy (non-hydrogen) atoms. The number of ether oxygens (including phenoxy) is 1. The molecule has 0 bridgehead atoms. The molecule has 0 radical (unpaired) electrons. The third kappa shape index (κ3) is 5.57. The zero-order valence-electron chi connectivity index (χ0n) is 12.7. The largest absolute Gasteiger partial charge is 0.376 e. The third-order valence-corrected chi connectivity index (χ3v) is 4.03. The van der Waals surface area contributed by atoms with E-state index in [-0.39, 0.29) is 12.0 Å². The summed E-state index contributed by atoms with van der Waals surface area (Å²) in [7, 11) is 4.03. The molecule has 1 amide bonds. The fourth-order valence-electron chi connectivity index (χ4n) is 2.21. The predicted octanol–water partition coefficient (Wildman–Crippen LogP) is 1.73. The van der Waals surface area contributed by atoms with E-state index in [4.69, 9.17) is 4.74 Å². The number of nitrogens with zero attached hydrogens (tertiary/aromatic N) is 3. The standard InChI is InChI=1S/C15H23N3O2S/c1-17(2)7-8-18(10-14-4-3-9-20-14)15(19)6-5-13-11-21-12-16-13/h5-6,11-12,14H,3-4,7-10H2,1-2H3/b6-5+/t14-/m0/s1. The van der Waals surface area contributed by atoms with E-state index in [0.717, 1.165) is 31.7 Å². The van der Waals surface area contributed by atoms with Crippen LogP contribution < -0.4 is 0 Å². The summed E-state index contributed by atoms with van der Waals surface area (Å²) in [6, 6.07) is 0. The van der Waals surface area contributed by atoms with Crippen LogP contribution in [0.2, 0.25) is 0 Å². The van der Waals surface area contributed by atoms with Crippen molar-refractivity contribution in [2.45, 2.75) is 18.9 Å². The number of carbonyl (C=O) groups is 1. The first-order valence-electron chi connectivity index (χ1n) is 7.26. The quantitative estimate of drug-likeness (QED) is 0.720. The molecule has 1 saturated heterocycles. The molecule has 0 N–H and O–H groups in total. The minimum Gasteiger partial charge on any atom is -0.376 e. The van der Waals surface area contributed by atoms with Gasteiger partial charge in [0.2, 0.25) is 5.91 Å². The van der Waals surface area contributed by atoms with E-state index in [0.29, 0.717) is 13.1 Å². The summed E-state index contributed by atoms with van der Waals surface area (Å²) < 4.78 is 5.65. The van der Waals surface area contributed by atoms with Crippen LogP contribution in [0.25, 0.3) is 6.08 Å². The molecule has 2 rings (SSSR count). The molecule has 0 unspecified atom stereocenters. The maximum Gasteiger partial charge on any atom is 0.246 e. The summed E-state index contributed by atoms with van der Waals surface area (Å²) in [5.41, 5.74) is 2.60. The van der Waals surface area contributed by atoms with Crippen molar-refractivity contribution in [3.8, 4) is 0 Å². The van der Waals surface area contributed by atoms with Crippen molar-refractivity contribution in [3.63, 3.8) is 0 Å². The highest BCUT2D eigenvalue weighted by atomic mass is 32.1. The van der Waals surface area contributed by atoms with Crippen LogP contribution in [0.1, 0.15) is 18.5 Å². The highest BCUT2D eigenvalue weighted by Crippen LogP contribution is 2.14. The van der Waals surface area contributed by atoms with E-state index >= 15 is 0 Å². The van der Waals surface area contributed by atoms with Crippen LogP contribution >= 0.6 is 11.3 Å². The van der Waals surface area contributed by atoms with Crippen molar-refractivity contribution in [1.82, 2.24) is 14.8 Å². The van der Waals surface area contributed by atoms with E-state index in [1.807, 2.05) is 24.4 Å². The van der Waals surface area contributed by atoms with Crippen molar-refractivity contribution in [2.24, 2.45) is 0 Å². The molecule has 0 saturated carbocycles. The monoisotopic (exact) mass is 309 g/mol. The number of amides is 1. The van der Waals surface area contributed by atoms with Gasteiger partial charge in [0, 0.05) is 37.7 Å². The molecule has 1 aliphatic rings. The number of rotatable bonds is 7. The zero-order chi connectivity index (χ0) is 15.1. The molecule has 0 aromatic carbocycles. The van der Waals surface area contributed by atoms with Crippen LogP contribution in [0.5, 0.6) is 0 Å². The molecular weight excluding hydrogens is 286 g/mol. The fraction of sp³-hybridized carbons (Fsp3) is 0.600. The number of aromatic nitrogens is 1. The van der Waals surface area contributed by atoms with Crippen LogP contribution in [0.15, 0.2) is 17.0 Å². The van der Waals surface area contributed by atoms with Gasteiger partial charge in [-0.25, -0.2) is 4.98 Å². The minimum atomic E-state index is 0.0281.